The van der Waals surface area contributed by atoms with Crippen LogP contribution in [-0.4, -0.2) is 36.3 Å². The molecule has 4 nitrogen and oxygen atoms in total. The Morgan fingerprint density at radius 1 is 1.22 bits per heavy atom. The molecule has 2 aromatic rings. The Labute approximate surface area is 159 Å². The zero-order valence-electron chi connectivity index (χ0n) is 15.8. The third-order valence-corrected chi connectivity index (χ3v) is 5.08. The maximum atomic E-state index is 13.9. The van der Waals surface area contributed by atoms with Crippen LogP contribution in [-0.2, 0) is 11.2 Å². The van der Waals surface area contributed by atoms with Crippen LogP contribution < -0.4 is 5.32 Å². The van der Waals surface area contributed by atoms with Gasteiger partial charge in [0, 0.05) is 25.2 Å². The van der Waals surface area contributed by atoms with E-state index in [1.54, 1.807) is 17.9 Å². The van der Waals surface area contributed by atoms with Crippen molar-refractivity contribution in [2.24, 2.45) is 5.92 Å². The topological polar surface area (TPSA) is 49.4 Å². The van der Waals surface area contributed by atoms with Crippen molar-refractivity contribution in [1.29, 1.82) is 0 Å². The molecular formula is C22H25FN2O2. The van der Waals surface area contributed by atoms with Gasteiger partial charge in [-0.25, -0.2) is 4.39 Å². The van der Waals surface area contributed by atoms with E-state index in [1.807, 2.05) is 37.3 Å². The molecule has 0 bridgehead atoms. The second kappa shape index (κ2) is 8.33. The van der Waals surface area contributed by atoms with Crippen molar-refractivity contribution < 1.29 is 14.0 Å². The molecule has 1 unspecified atom stereocenters. The molecule has 2 amide bonds. The van der Waals surface area contributed by atoms with Crippen LogP contribution in [0.25, 0.3) is 0 Å². The van der Waals surface area contributed by atoms with E-state index in [9.17, 15) is 14.0 Å². The van der Waals surface area contributed by atoms with Crippen molar-refractivity contribution in [2.45, 2.75) is 26.7 Å². The van der Waals surface area contributed by atoms with E-state index in [4.69, 9.17) is 0 Å². The maximum absolute atomic E-state index is 13.9. The van der Waals surface area contributed by atoms with Crippen LogP contribution in [0.2, 0.25) is 0 Å². The number of benzene rings is 2. The van der Waals surface area contributed by atoms with E-state index in [2.05, 4.69) is 5.32 Å². The largest absolute Gasteiger partial charge is 0.356 e. The zero-order chi connectivity index (χ0) is 19.4. The van der Waals surface area contributed by atoms with Gasteiger partial charge in [0.1, 0.15) is 5.82 Å². The van der Waals surface area contributed by atoms with Crippen LogP contribution in [0.5, 0.6) is 0 Å². The molecule has 1 fully saturated rings. The first-order valence-corrected chi connectivity index (χ1v) is 9.39. The van der Waals surface area contributed by atoms with Gasteiger partial charge >= 0.3 is 0 Å². The van der Waals surface area contributed by atoms with Gasteiger partial charge in [0.2, 0.25) is 5.91 Å². The Bertz CT molecular complexity index is 850. The number of carbonyl (C=O) groups excluding carboxylic acids is 2. The van der Waals surface area contributed by atoms with Crippen LogP contribution in [0.1, 0.15) is 40.4 Å². The van der Waals surface area contributed by atoms with Gasteiger partial charge in [0.05, 0.1) is 5.92 Å². The number of likely N-dealkylation sites (tertiary alicyclic amines) is 1. The molecule has 5 heteroatoms. The summed E-state index contributed by atoms with van der Waals surface area (Å²) >= 11 is 0. The molecule has 1 N–H and O–H groups in total. The first-order valence-electron chi connectivity index (χ1n) is 9.39. The first kappa shape index (κ1) is 19.1. The zero-order valence-corrected chi connectivity index (χ0v) is 15.8. The lowest BCUT2D eigenvalue weighted by Crippen LogP contribution is -2.34. The number of aryl methyl sites for hydroxylation is 1. The number of rotatable bonds is 5. The van der Waals surface area contributed by atoms with Crippen LogP contribution >= 0.6 is 0 Å². The van der Waals surface area contributed by atoms with Gasteiger partial charge in [-0.05, 0) is 55.5 Å². The third kappa shape index (κ3) is 4.35. The summed E-state index contributed by atoms with van der Waals surface area (Å²) in [5, 5.41) is 2.83. The highest BCUT2D eigenvalue weighted by Gasteiger charge is 2.31. The number of halogens is 1. The van der Waals surface area contributed by atoms with E-state index < -0.39 is 0 Å². The Hall–Kier alpha value is -2.69. The van der Waals surface area contributed by atoms with Crippen molar-refractivity contribution in [3.8, 4) is 0 Å². The van der Waals surface area contributed by atoms with Gasteiger partial charge in [-0.15, -0.1) is 0 Å². The fourth-order valence-corrected chi connectivity index (χ4v) is 3.50. The molecule has 1 aliphatic rings. The molecule has 0 radical (unpaired) electrons. The molecule has 1 heterocycles. The number of carbonyl (C=O) groups is 2. The summed E-state index contributed by atoms with van der Waals surface area (Å²) < 4.78 is 13.9. The first-order chi connectivity index (χ1) is 13.0. The smallest absolute Gasteiger partial charge is 0.254 e. The average Bonchev–Trinajstić information content (AvgIpc) is 3.15. The molecule has 0 aromatic heterocycles. The standard InChI is InChI=1S/C22H25FN2O2/c1-3-24-21(26)18-10-11-25(14-18)22(27)19-7-5-4-6-17(19)12-16-9-8-15(2)20(23)13-16/h4-9,13,18H,3,10-12,14H2,1-2H3,(H,24,26). The second-order valence-corrected chi connectivity index (χ2v) is 7.05. The molecule has 1 atom stereocenters. The predicted molar refractivity (Wildman–Crippen MR) is 103 cm³/mol. The summed E-state index contributed by atoms with van der Waals surface area (Å²) in [6, 6.07) is 12.6. The van der Waals surface area contributed by atoms with E-state index >= 15 is 0 Å². The number of amides is 2. The minimum atomic E-state index is -0.236. The molecule has 0 spiro atoms. The van der Waals surface area contributed by atoms with Gasteiger partial charge in [0.15, 0.2) is 0 Å². The van der Waals surface area contributed by atoms with Crippen molar-refractivity contribution in [3.05, 3.63) is 70.5 Å². The van der Waals surface area contributed by atoms with Crippen molar-refractivity contribution in [3.63, 3.8) is 0 Å². The highest BCUT2D eigenvalue weighted by Crippen LogP contribution is 2.22. The molecule has 3 rings (SSSR count). The Balaban J connectivity index is 1.76. The van der Waals surface area contributed by atoms with Crippen LogP contribution in [0.15, 0.2) is 42.5 Å². The van der Waals surface area contributed by atoms with E-state index in [-0.39, 0.29) is 23.5 Å². The predicted octanol–water partition coefficient (Wildman–Crippen LogP) is 3.32. The van der Waals surface area contributed by atoms with Crippen molar-refractivity contribution in [2.75, 3.05) is 19.6 Å². The van der Waals surface area contributed by atoms with Gasteiger partial charge in [-0.2, -0.15) is 0 Å². The number of hydrogen-bond acceptors (Lipinski definition) is 2. The molecular weight excluding hydrogens is 343 g/mol. The van der Waals surface area contributed by atoms with E-state index in [1.165, 1.54) is 6.07 Å². The molecule has 0 saturated carbocycles. The van der Waals surface area contributed by atoms with E-state index in [0.717, 1.165) is 11.1 Å². The summed E-state index contributed by atoms with van der Waals surface area (Å²) in [6.07, 6.45) is 1.18. The lowest BCUT2D eigenvalue weighted by atomic mass is 9.98. The molecule has 142 valence electrons. The number of nitrogens with one attached hydrogen (secondary N) is 1. The lowest BCUT2D eigenvalue weighted by molar-refractivity contribution is -0.124. The fourth-order valence-electron chi connectivity index (χ4n) is 3.50. The quantitative estimate of drug-likeness (QED) is 0.880. The number of hydrogen-bond donors (Lipinski definition) is 1. The minimum Gasteiger partial charge on any atom is -0.356 e. The Kier molecular flexibility index (Phi) is 5.89. The fraction of sp³-hybridized carbons (Fsp3) is 0.364. The molecule has 1 saturated heterocycles. The van der Waals surface area contributed by atoms with Crippen LogP contribution in [0.4, 0.5) is 4.39 Å². The summed E-state index contributed by atoms with van der Waals surface area (Å²) in [5.74, 6) is -0.436. The van der Waals surface area contributed by atoms with E-state index in [0.29, 0.717) is 43.6 Å². The molecule has 27 heavy (non-hydrogen) atoms. The third-order valence-electron chi connectivity index (χ3n) is 5.08. The SMILES string of the molecule is CCNC(=O)C1CCN(C(=O)c2ccccc2Cc2ccc(C)c(F)c2)C1. The highest BCUT2D eigenvalue weighted by molar-refractivity contribution is 5.96. The summed E-state index contributed by atoms with van der Waals surface area (Å²) in [7, 11) is 0. The summed E-state index contributed by atoms with van der Waals surface area (Å²) in [6.45, 7) is 5.24. The monoisotopic (exact) mass is 368 g/mol. The minimum absolute atomic E-state index is 0.0104. The number of nitrogens with zero attached hydrogens (tertiary/aromatic N) is 1. The highest BCUT2D eigenvalue weighted by atomic mass is 19.1. The van der Waals surface area contributed by atoms with Crippen molar-refractivity contribution in [1.82, 2.24) is 10.2 Å². The van der Waals surface area contributed by atoms with Gasteiger partial charge < -0.3 is 10.2 Å². The summed E-state index contributed by atoms with van der Waals surface area (Å²) in [5.41, 5.74) is 2.93. The molecule has 2 aromatic carbocycles. The van der Waals surface area contributed by atoms with Crippen molar-refractivity contribution >= 4 is 11.8 Å². The Morgan fingerprint density at radius 3 is 2.74 bits per heavy atom. The second-order valence-electron chi connectivity index (χ2n) is 7.05. The van der Waals surface area contributed by atoms with Gasteiger partial charge in [-0.3, -0.25) is 9.59 Å². The van der Waals surface area contributed by atoms with Crippen LogP contribution in [0, 0.1) is 18.7 Å². The van der Waals surface area contributed by atoms with Gasteiger partial charge in [-0.1, -0.05) is 30.3 Å². The molecule has 0 aliphatic carbocycles. The summed E-state index contributed by atoms with van der Waals surface area (Å²) in [4.78, 5) is 26.8. The lowest BCUT2D eigenvalue weighted by Gasteiger charge is -2.19. The molecule has 1 aliphatic heterocycles. The normalized spacial score (nSPS) is 16.4. The Morgan fingerprint density at radius 2 is 2.00 bits per heavy atom. The maximum Gasteiger partial charge on any atom is 0.254 e. The average molecular weight is 368 g/mol. The van der Waals surface area contributed by atoms with Gasteiger partial charge in [0.25, 0.3) is 5.91 Å². The van der Waals surface area contributed by atoms with Crippen LogP contribution in [0.3, 0.4) is 0 Å².